The Morgan fingerprint density at radius 1 is 1.65 bits per heavy atom. The third-order valence-electron chi connectivity index (χ3n) is 2.71. The Labute approximate surface area is 97.7 Å². The number of hydrogen-bond donors (Lipinski definition) is 0. The molecule has 17 heavy (non-hydrogen) atoms. The number of amides is 1. The summed E-state index contributed by atoms with van der Waals surface area (Å²) in [5.41, 5.74) is -0.148. The molecular formula is C11H11N3O3. The van der Waals surface area contributed by atoms with Crippen molar-refractivity contribution in [1.29, 1.82) is 0 Å². The second-order valence-electron chi connectivity index (χ2n) is 3.81. The third-order valence-corrected chi connectivity index (χ3v) is 2.71. The minimum Gasteiger partial charge on any atom is -0.290 e. The van der Waals surface area contributed by atoms with E-state index >= 15 is 0 Å². The molecule has 0 saturated carbocycles. The zero-order valence-corrected chi connectivity index (χ0v) is 9.07. The number of nitrogens with zero attached hydrogens (tertiary/aromatic N) is 3. The molecule has 1 saturated heterocycles. The minimum absolute atomic E-state index is 0.0316. The van der Waals surface area contributed by atoms with E-state index in [1.54, 1.807) is 6.08 Å². The molecule has 0 spiro atoms. The van der Waals surface area contributed by atoms with E-state index in [1.165, 1.54) is 23.2 Å². The fourth-order valence-electron chi connectivity index (χ4n) is 1.84. The van der Waals surface area contributed by atoms with Crippen molar-refractivity contribution in [3.8, 4) is 0 Å². The van der Waals surface area contributed by atoms with Crippen LogP contribution in [0.15, 0.2) is 31.0 Å². The van der Waals surface area contributed by atoms with Gasteiger partial charge in [0.1, 0.15) is 0 Å². The molecule has 0 N–H and O–H groups in total. The van der Waals surface area contributed by atoms with Crippen LogP contribution >= 0.6 is 0 Å². The smallest absolute Gasteiger partial charge is 0.290 e. The van der Waals surface area contributed by atoms with Gasteiger partial charge >= 0.3 is 5.69 Å². The van der Waals surface area contributed by atoms with Crippen LogP contribution in [0, 0.1) is 16.0 Å². The van der Waals surface area contributed by atoms with E-state index in [9.17, 15) is 14.9 Å². The van der Waals surface area contributed by atoms with Crippen LogP contribution in [0.3, 0.4) is 0 Å². The van der Waals surface area contributed by atoms with Crippen molar-refractivity contribution in [3.05, 3.63) is 41.1 Å². The van der Waals surface area contributed by atoms with Crippen LogP contribution in [-0.4, -0.2) is 22.4 Å². The van der Waals surface area contributed by atoms with E-state index in [0.29, 0.717) is 13.0 Å². The molecule has 1 atom stereocenters. The summed E-state index contributed by atoms with van der Waals surface area (Å²) in [4.78, 5) is 27.3. The van der Waals surface area contributed by atoms with Crippen molar-refractivity contribution in [1.82, 2.24) is 4.98 Å². The summed E-state index contributed by atoms with van der Waals surface area (Å²) in [6.07, 6.45) is 3.46. The second kappa shape index (κ2) is 4.32. The molecule has 1 fully saturated rings. The molecule has 1 aliphatic rings. The van der Waals surface area contributed by atoms with Gasteiger partial charge in [-0.1, -0.05) is 6.08 Å². The Hall–Kier alpha value is -2.24. The van der Waals surface area contributed by atoms with E-state index in [0.717, 1.165) is 0 Å². The van der Waals surface area contributed by atoms with Crippen LogP contribution in [0.1, 0.15) is 6.42 Å². The number of aromatic nitrogens is 1. The maximum Gasteiger partial charge on any atom is 0.312 e. The number of anilines is 1. The number of nitro groups is 1. The van der Waals surface area contributed by atoms with Gasteiger partial charge in [-0.25, -0.2) is 4.98 Å². The van der Waals surface area contributed by atoms with Crippen molar-refractivity contribution in [2.45, 2.75) is 6.42 Å². The lowest BCUT2D eigenvalue weighted by Gasteiger charge is -2.14. The Kier molecular flexibility index (Phi) is 2.86. The van der Waals surface area contributed by atoms with Gasteiger partial charge in [0, 0.05) is 31.1 Å². The van der Waals surface area contributed by atoms with Crippen LogP contribution in [0.4, 0.5) is 11.5 Å². The van der Waals surface area contributed by atoms with Crippen LogP contribution < -0.4 is 4.90 Å². The minimum atomic E-state index is -0.531. The summed E-state index contributed by atoms with van der Waals surface area (Å²) >= 11 is 0. The Balaban J connectivity index is 2.38. The first-order valence-corrected chi connectivity index (χ1v) is 5.16. The first-order chi connectivity index (χ1) is 8.13. The average Bonchev–Trinajstić information content (AvgIpc) is 2.70. The number of carbonyl (C=O) groups excluding carboxylic acids is 1. The molecule has 1 aromatic rings. The maximum absolute atomic E-state index is 11.7. The molecular weight excluding hydrogens is 222 g/mol. The molecule has 0 radical (unpaired) electrons. The van der Waals surface area contributed by atoms with Crippen LogP contribution in [0.5, 0.6) is 0 Å². The summed E-state index contributed by atoms with van der Waals surface area (Å²) in [6.45, 7) is 4.03. The van der Waals surface area contributed by atoms with Crippen molar-refractivity contribution >= 4 is 17.4 Å². The van der Waals surface area contributed by atoms with Gasteiger partial charge in [0.25, 0.3) is 0 Å². The SMILES string of the molecule is C=CC1CC(=O)N(c2ncccc2[N+](=O)[O-])C1. The Morgan fingerprint density at radius 3 is 3.00 bits per heavy atom. The van der Waals surface area contributed by atoms with E-state index in [1.807, 2.05) is 0 Å². The summed E-state index contributed by atoms with van der Waals surface area (Å²) in [7, 11) is 0. The molecule has 1 unspecified atom stereocenters. The summed E-state index contributed by atoms with van der Waals surface area (Å²) in [5.74, 6) is -0.00680. The van der Waals surface area contributed by atoms with Crippen molar-refractivity contribution in [3.63, 3.8) is 0 Å². The summed E-state index contributed by atoms with van der Waals surface area (Å²) in [5, 5.41) is 10.8. The number of carbonyl (C=O) groups is 1. The van der Waals surface area contributed by atoms with Crippen molar-refractivity contribution < 1.29 is 9.72 Å². The first-order valence-electron chi connectivity index (χ1n) is 5.16. The molecule has 6 heteroatoms. The molecule has 0 aromatic carbocycles. The number of hydrogen-bond acceptors (Lipinski definition) is 4. The van der Waals surface area contributed by atoms with Gasteiger partial charge in [0.15, 0.2) is 0 Å². The van der Waals surface area contributed by atoms with E-state index in [2.05, 4.69) is 11.6 Å². The average molecular weight is 233 g/mol. The van der Waals surface area contributed by atoms with Gasteiger partial charge in [-0.3, -0.25) is 19.8 Å². The predicted octanol–water partition coefficient (Wildman–Crippen LogP) is 1.53. The zero-order valence-electron chi connectivity index (χ0n) is 9.07. The van der Waals surface area contributed by atoms with E-state index in [4.69, 9.17) is 0 Å². The normalized spacial score (nSPS) is 19.4. The standard InChI is InChI=1S/C11H11N3O3/c1-2-8-6-10(15)13(7-8)11-9(14(16)17)4-3-5-12-11/h2-5,8H,1,6-7H2. The summed E-state index contributed by atoms with van der Waals surface area (Å²) in [6, 6.07) is 2.82. The molecule has 2 heterocycles. The molecule has 1 aliphatic heterocycles. The Morgan fingerprint density at radius 2 is 2.41 bits per heavy atom. The van der Waals surface area contributed by atoms with Gasteiger partial charge in [-0.05, 0) is 6.07 Å². The molecule has 88 valence electrons. The lowest BCUT2D eigenvalue weighted by atomic mass is 10.1. The van der Waals surface area contributed by atoms with E-state index in [-0.39, 0.29) is 23.3 Å². The lowest BCUT2D eigenvalue weighted by Crippen LogP contribution is -2.26. The quantitative estimate of drug-likeness (QED) is 0.450. The molecule has 2 rings (SSSR count). The molecule has 6 nitrogen and oxygen atoms in total. The highest BCUT2D eigenvalue weighted by molar-refractivity contribution is 5.96. The zero-order chi connectivity index (χ0) is 12.4. The highest BCUT2D eigenvalue weighted by Crippen LogP contribution is 2.30. The van der Waals surface area contributed by atoms with Gasteiger partial charge in [-0.2, -0.15) is 0 Å². The maximum atomic E-state index is 11.7. The van der Waals surface area contributed by atoms with E-state index < -0.39 is 4.92 Å². The molecule has 0 aliphatic carbocycles. The Bertz CT molecular complexity index is 487. The monoisotopic (exact) mass is 233 g/mol. The van der Waals surface area contributed by atoms with Crippen molar-refractivity contribution in [2.24, 2.45) is 5.92 Å². The number of rotatable bonds is 3. The topological polar surface area (TPSA) is 76.3 Å². The first kappa shape index (κ1) is 11.3. The molecule has 0 bridgehead atoms. The lowest BCUT2D eigenvalue weighted by molar-refractivity contribution is -0.384. The van der Waals surface area contributed by atoms with Gasteiger partial charge in [0.05, 0.1) is 4.92 Å². The third kappa shape index (κ3) is 2.01. The predicted molar refractivity (Wildman–Crippen MR) is 61.5 cm³/mol. The van der Waals surface area contributed by atoms with Crippen LogP contribution in [0.25, 0.3) is 0 Å². The van der Waals surface area contributed by atoms with Crippen LogP contribution in [0.2, 0.25) is 0 Å². The van der Waals surface area contributed by atoms with Crippen molar-refractivity contribution in [2.75, 3.05) is 11.4 Å². The van der Waals surface area contributed by atoms with Gasteiger partial charge in [0.2, 0.25) is 11.7 Å². The molecule has 1 amide bonds. The highest BCUT2D eigenvalue weighted by atomic mass is 16.6. The summed E-state index contributed by atoms with van der Waals surface area (Å²) < 4.78 is 0. The van der Waals surface area contributed by atoms with Gasteiger partial charge in [-0.15, -0.1) is 6.58 Å². The second-order valence-corrected chi connectivity index (χ2v) is 3.81. The molecule has 1 aromatic heterocycles. The largest absolute Gasteiger partial charge is 0.312 e. The number of pyridine rings is 1. The van der Waals surface area contributed by atoms with Crippen LogP contribution in [-0.2, 0) is 4.79 Å². The van der Waals surface area contributed by atoms with Gasteiger partial charge < -0.3 is 0 Å². The fraction of sp³-hybridized carbons (Fsp3) is 0.273. The highest BCUT2D eigenvalue weighted by Gasteiger charge is 2.33. The fourth-order valence-corrected chi connectivity index (χ4v) is 1.84.